The number of piperidine rings is 1. The monoisotopic (exact) mass is 161 g/mol. The molecule has 1 heterocycles. The van der Waals surface area contributed by atoms with Crippen LogP contribution in [0.4, 0.5) is 4.39 Å². The van der Waals surface area contributed by atoms with Crippen molar-refractivity contribution in [3.63, 3.8) is 0 Å². The summed E-state index contributed by atoms with van der Waals surface area (Å²) in [6.45, 7) is 0.967. The number of rotatable bonds is 3. The minimum absolute atomic E-state index is 0.154. The molecule has 11 heavy (non-hydrogen) atoms. The Bertz CT molecular complexity index is 126. The van der Waals surface area contributed by atoms with Crippen LogP contribution in [0, 0.1) is 0 Å². The summed E-state index contributed by atoms with van der Waals surface area (Å²) >= 11 is 0. The zero-order valence-corrected chi connectivity index (χ0v) is 6.25. The molecule has 0 aromatic carbocycles. The van der Waals surface area contributed by atoms with Crippen molar-refractivity contribution in [3.8, 4) is 0 Å². The lowest BCUT2D eigenvalue weighted by Gasteiger charge is -2.24. The number of carbonyl (C=O) groups is 1. The van der Waals surface area contributed by atoms with Gasteiger partial charge in [0.2, 0.25) is 0 Å². The molecule has 4 heteroatoms. The van der Waals surface area contributed by atoms with E-state index in [-0.39, 0.29) is 12.5 Å². The Morgan fingerprint density at radius 3 is 3.00 bits per heavy atom. The highest BCUT2D eigenvalue weighted by molar-refractivity contribution is 5.37. The molecule has 2 unspecified atom stereocenters. The Balaban J connectivity index is 2.26. The molecule has 1 rings (SSSR count). The van der Waals surface area contributed by atoms with Gasteiger partial charge in [0.05, 0.1) is 6.04 Å². The van der Waals surface area contributed by atoms with E-state index in [2.05, 4.69) is 10.1 Å². The number of hydrogen-bond acceptors (Lipinski definition) is 3. The first-order valence-electron chi connectivity index (χ1n) is 3.81. The lowest BCUT2D eigenvalue weighted by Crippen LogP contribution is -2.42. The van der Waals surface area contributed by atoms with Gasteiger partial charge < -0.3 is 10.1 Å². The summed E-state index contributed by atoms with van der Waals surface area (Å²) in [5.74, 6) is 0. The number of ether oxygens (including phenoxy) is 1. The second-order valence-corrected chi connectivity index (χ2v) is 2.64. The Hall–Kier alpha value is -0.640. The molecule has 0 amide bonds. The second-order valence-electron chi connectivity index (χ2n) is 2.64. The van der Waals surface area contributed by atoms with Crippen LogP contribution in [0.15, 0.2) is 0 Å². The highest BCUT2D eigenvalue weighted by Gasteiger charge is 2.23. The van der Waals surface area contributed by atoms with E-state index < -0.39 is 6.36 Å². The third-order valence-corrected chi connectivity index (χ3v) is 1.85. The van der Waals surface area contributed by atoms with Crippen LogP contribution in [-0.2, 0) is 9.53 Å². The van der Waals surface area contributed by atoms with Gasteiger partial charge in [0.25, 0.3) is 12.8 Å². The number of nitrogens with one attached hydrogen (secondary N) is 1. The van der Waals surface area contributed by atoms with Crippen molar-refractivity contribution in [3.05, 3.63) is 0 Å². The Morgan fingerprint density at radius 2 is 2.45 bits per heavy atom. The van der Waals surface area contributed by atoms with Crippen molar-refractivity contribution < 1.29 is 13.9 Å². The summed E-state index contributed by atoms with van der Waals surface area (Å²) in [5, 5.41) is 2.94. The molecule has 0 aliphatic carbocycles. The van der Waals surface area contributed by atoms with Gasteiger partial charge in [-0.15, -0.1) is 0 Å². The van der Waals surface area contributed by atoms with E-state index in [1.807, 2.05) is 0 Å². The zero-order chi connectivity index (χ0) is 8.10. The summed E-state index contributed by atoms with van der Waals surface area (Å²) in [4.78, 5) is 9.77. The van der Waals surface area contributed by atoms with Gasteiger partial charge in [0.1, 0.15) is 0 Å². The van der Waals surface area contributed by atoms with Crippen molar-refractivity contribution >= 4 is 6.47 Å². The molecular weight excluding hydrogens is 149 g/mol. The van der Waals surface area contributed by atoms with Gasteiger partial charge in [-0.2, -0.15) is 0 Å². The van der Waals surface area contributed by atoms with Crippen LogP contribution >= 0.6 is 0 Å². The number of alkyl halides is 1. The van der Waals surface area contributed by atoms with E-state index in [1.54, 1.807) is 0 Å². The fraction of sp³-hybridized carbons (Fsp3) is 0.857. The average Bonchev–Trinajstić information content (AvgIpc) is 2.07. The third-order valence-electron chi connectivity index (χ3n) is 1.85. The summed E-state index contributed by atoms with van der Waals surface area (Å²) in [7, 11) is 0. The van der Waals surface area contributed by atoms with Gasteiger partial charge in [-0.25, -0.2) is 4.39 Å². The SMILES string of the molecule is O=COC(F)C1CCCCN1. The Labute approximate surface area is 64.9 Å². The van der Waals surface area contributed by atoms with E-state index >= 15 is 0 Å². The van der Waals surface area contributed by atoms with E-state index in [0.29, 0.717) is 0 Å². The van der Waals surface area contributed by atoms with Gasteiger partial charge in [0.15, 0.2) is 0 Å². The normalized spacial score (nSPS) is 27.5. The fourth-order valence-electron chi connectivity index (χ4n) is 1.25. The molecule has 64 valence electrons. The first kappa shape index (κ1) is 8.46. The van der Waals surface area contributed by atoms with Gasteiger partial charge in [-0.3, -0.25) is 4.79 Å². The molecule has 1 saturated heterocycles. The maximum Gasteiger partial charge on any atom is 0.295 e. The number of halogens is 1. The van der Waals surface area contributed by atoms with Crippen LogP contribution in [-0.4, -0.2) is 25.4 Å². The highest BCUT2D eigenvalue weighted by Crippen LogP contribution is 2.12. The predicted octanol–water partition coefficient (Wildman–Crippen LogP) is 0.597. The smallest absolute Gasteiger partial charge is 0.295 e. The van der Waals surface area contributed by atoms with Crippen LogP contribution in [0.1, 0.15) is 19.3 Å². The van der Waals surface area contributed by atoms with Crippen molar-refractivity contribution in [2.75, 3.05) is 6.54 Å². The van der Waals surface area contributed by atoms with Crippen LogP contribution < -0.4 is 5.32 Å². The number of hydrogen-bond donors (Lipinski definition) is 1. The molecule has 3 nitrogen and oxygen atoms in total. The Kier molecular flexibility index (Phi) is 3.29. The lowest BCUT2D eigenvalue weighted by molar-refractivity contribution is -0.145. The summed E-state index contributed by atoms with van der Waals surface area (Å²) in [6.07, 6.45) is 1.34. The maximum atomic E-state index is 12.8. The molecule has 1 aliphatic heterocycles. The van der Waals surface area contributed by atoms with Gasteiger partial charge in [-0.05, 0) is 19.4 Å². The van der Waals surface area contributed by atoms with Crippen molar-refractivity contribution in [2.45, 2.75) is 31.7 Å². The first-order chi connectivity index (χ1) is 5.34. The van der Waals surface area contributed by atoms with Gasteiger partial charge >= 0.3 is 0 Å². The summed E-state index contributed by atoms with van der Waals surface area (Å²) < 4.78 is 16.9. The largest absolute Gasteiger partial charge is 0.432 e. The molecule has 1 aliphatic rings. The predicted molar refractivity (Wildman–Crippen MR) is 37.7 cm³/mol. The zero-order valence-electron chi connectivity index (χ0n) is 6.25. The molecule has 0 spiro atoms. The third kappa shape index (κ3) is 2.46. The molecule has 1 fully saturated rings. The average molecular weight is 161 g/mol. The van der Waals surface area contributed by atoms with Crippen molar-refractivity contribution in [2.24, 2.45) is 0 Å². The molecule has 0 aromatic rings. The first-order valence-corrected chi connectivity index (χ1v) is 3.81. The van der Waals surface area contributed by atoms with E-state index in [9.17, 15) is 9.18 Å². The van der Waals surface area contributed by atoms with E-state index in [0.717, 1.165) is 25.8 Å². The van der Waals surface area contributed by atoms with Crippen LogP contribution in [0.2, 0.25) is 0 Å². The minimum Gasteiger partial charge on any atom is -0.432 e. The van der Waals surface area contributed by atoms with Crippen LogP contribution in [0.25, 0.3) is 0 Å². The van der Waals surface area contributed by atoms with Gasteiger partial charge in [0, 0.05) is 0 Å². The van der Waals surface area contributed by atoms with E-state index in [4.69, 9.17) is 0 Å². The van der Waals surface area contributed by atoms with E-state index in [1.165, 1.54) is 0 Å². The number of carbonyl (C=O) groups excluding carboxylic acids is 1. The van der Waals surface area contributed by atoms with Crippen LogP contribution in [0.5, 0.6) is 0 Å². The van der Waals surface area contributed by atoms with Gasteiger partial charge in [-0.1, -0.05) is 6.42 Å². The Morgan fingerprint density at radius 1 is 1.64 bits per heavy atom. The summed E-state index contributed by atoms with van der Waals surface area (Å²) in [6, 6.07) is -0.297. The topological polar surface area (TPSA) is 38.3 Å². The molecule has 0 radical (unpaired) electrons. The molecule has 2 atom stereocenters. The van der Waals surface area contributed by atoms with Crippen molar-refractivity contribution in [1.29, 1.82) is 0 Å². The highest BCUT2D eigenvalue weighted by atomic mass is 19.1. The molecule has 0 bridgehead atoms. The minimum atomic E-state index is -1.48. The molecule has 0 saturated carbocycles. The molecule has 1 N–H and O–H groups in total. The lowest BCUT2D eigenvalue weighted by atomic mass is 10.1. The molecular formula is C7H12FNO2. The maximum absolute atomic E-state index is 12.8. The second kappa shape index (κ2) is 4.28. The molecule has 0 aromatic heterocycles. The standard InChI is InChI=1S/C7H12FNO2/c8-7(11-5-10)6-3-1-2-4-9-6/h5-7,9H,1-4H2. The van der Waals surface area contributed by atoms with Crippen LogP contribution in [0.3, 0.4) is 0 Å². The fourth-order valence-corrected chi connectivity index (χ4v) is 1.25. The summed E-state index contributed by atoms with van der Waals surface area (Å²) in [5.41, 5.74) is 0. The quantitative estimate of drug-likeness (QED) is 0.616. The van der Waals surface area contributed by atoms with Crippen molar-refractivity contribution in [1.82, 2.24) is 5.32 Å².